The van der Waals surface area contributed by atoms with E-state index in [0.717, 1.165) is 56.2 Å². The van der Waals surface area contributed by atoms with Gasteiger partial charge < -0.3 is 39.2 Å². The van der Waals surface area contributed by atoms with Crippen LogP contribution in [0.15, 0.2) is 54.6 Å². The molecule has 3 N–H and O–H groups in total. The molecule has 3 saturated heterocycles. The number of ether oxygens (including phenoxy) is 3. The van der Waals surface area contributed by atoms with Crippen molar-refractivity contribution < 1.29 is 42.8 Å². The van der Waals surface area contributed by atoms with Crippen LogP contribution in [0.25, 0.3) is 33.4 Å². The van der Waals surface area contributed by atoms with Gasteiger partial charge in [-0.15, -0.1) is 11.3 Å². The topological polar surface area (TPSA) is 193 Å². The van der Waals surface area contributed by atoms with Crippen LogP contribution < -0.4 is 16.1 Å². The largest absolute Gasteiger partial charge is 0.464 e. The highest BCUT2D eigenvalue weighted by molar-refractivity contribution is 7.10. The van der Waals surface area contributed by atoms with Crippen LogP contribution in [0.4, 0.5) is 4.79 Å². The van der Waals surface area contributed by atoms with Gasteiger partial charge in [-0.2, -0.15) is 4.58 Å². The van der Waals surface area contributed by atoms with Crippen LogP contribution >= 0.6 is 11.3 Å². The number of likely N-dealkylation sites (N-methyl/N-ethyl adjacent to an activating group) is 1. The van der Waals surface area contributed by atoms with Gasteiger partial charge in [-0.05, 0) is 61.6 Å². The second-order valence-electron chi connectivity index (χ2n) is 20.9. The molecule has 6 atom stereocenters. The molecule has 19 heteroatoms. The number of hydrogen-bond acceptors (Lipinski definition) is 12. The molecule has 7 heterocycles. The molecule has 1 spiro atoms. The number of methoxy groups -OCH3 is 1. The fourth-order valence-corrected chi connectivity index (χ4v) is 12.6. The number of urea groups is 1. The predicted octanol–water partition coefficient (Wildman–Crippen LogP) is 5.27. The number of carbonyl (C=O) groups is 5. The lowest BCUT2D eigenvalue weighted by Gasteiger charge is -2.42. The minimum absolute atomic E-state index is 0.0233. The van der Waals surface area contributed by atoms with Crippen LogP contribution in [0.3, 0.4) is 0 Å². The molecule has 4 aromatic rings. The molecule has 72 heavy (non-hydrogen) atoms. The van der Waals surface area contributed by atoms with E-state index >= 15 is 0 Å². The van der Waals surface area contributed by atoms with Crippen LogP contribution in [-0.4, -0.2) is 154 Å². The number of amides is 5. The first-order chi connectivity index (χ1) is 34.5. The summed E-state index contributed by atoms with van der Waals surface area (Å²) in [6, 6.07) is 8.64. The quantitative estimate of drug-likeness (QED) is 0.0551. The number of benzene rings is 1. The third kappa shape index (κ3) is 9.32. The Morgan fingerprint density at radius 1 is 1.14 bits per heavy atom. The fraction of sp³-hybridized carbons (Fsp3) is 0.547. The van der Waals surface area contributed by atoms with Crippen molar-refractivity contribution in [1.82, 2.24) is 45.4 Å². The fourth-order valence-electron chi connectivity index (χ4n) is 11.7. The standard InChI is InChI=1S/C53H68N10O8S/c1-10-39(64)54-21-25-70-50-53(60(50)8)18-23-61(24-19-53)51(68)59(7)44(31(3)4)47(65)56-28-33-27-40-57-37(29-72-40)32-16-17-38-35(26-32)41-42(46(69-9)43-34(14-12-20-55-43)45(41)62(38)11-2)52(5,6)30-71-49(67)36-15-13-22-63(58-36)48(33)66/h10,12,14,16-17,20,26,29,31,33,36,42,44,46,50,58H,1,8,11,13,15,18-19,21-25,27-28,30H2,2-7,9H3,(H-,54,56,64,65)/p+1/t33-,36+,42?,44+,46+,50?/m1/s1. The summed E-state index contributed by atoms with van der Waals surface area (Å²) in [5.41, 5.74) is 9.09. The summed E-state index contributed by atoms with van der Waals surface area (Å²) in [7, 11) is 3.36. The number of nitrogens with zero attached hydrogens (tertiary/aromatic N) is 7. The van der Waals surface area contributed by atoms with Crippen LogP contribution in [0.2, 0.25) is 0 Å². The molecular formula is C53H69N10O8S+. The molecular weight excluding hydrogens is 937 g/mol. The van der Waals surface area contributed by atoms with Crippen molar-refractivity contribution in [2.24, 2.45) is 17.3 Å². The number of fused-ring (bicyclic) bond motifs is 8. The monoisotopic (exact) mass is 1010 g/mol. The summed E-state index contributed by atoms with van der Waals surface area (Å²) in [5.74, 6) is -2.63. The van der Waals surface area contributed by atoms with Gasteiger partial charge in [0.2, 0.25) is 17.7 Å². The van der Waals surface area contributed by atoms with Gasteiger partial charge in [0.05, 0.1) is 41.2 Å². The number of thiazole rings is 1. The molecule has 1 aromatic carbocycles. The second-order valence-corrected chi connectivity index (χ2v) is 21.8. The summed E-state index contributed by atoms with van der Waals surface area (Å²) >= 11 is 1.46. The lowest BCUT2D eigenvalue weighted by atomic mass is 9.67. The molecule has 9 rings (SSSR count). The number of carbonyl (C=O) groups excluding carboxylic acids is 5. The first kappa shape index (κ1) is 50.9. The van der Waals surface area contributed by atoms with Gasteiger partial charge in [0.1, 0.15) is 24.9 Å². The SMILES string of the molecule is C=CC(=O)NCCOC1[N+](=C)C12CCN(C(=O)N(C)[C@H](C(=O)NC[C@H]1Cc3nc(cs3)-c3ccc4c(c3)c3c(n4CC)-c4cccnc4[C@@H](OC)C3C(C)(C)COC(=O)[C@@H]3CCCN(N3)C1=O)C(C)C)CC2. The van der Waals surface area contributed by atoms with E-state index in [4.69, 9.17) is 24.2 Å². The van der Waals surface area contributed by atoms with E-state index in [1.54, 1.807) is 25.3 Å². The summed E-state index contributed by atoms with van der Waals surface area (Å²) in [4.78, 5) is 82.1. The number of rotatable bonds is 12. The molecule has 0 saturated carbocycles. The highest BCUT2D eigenvalue weighted by Gasteiger charge is 2.72. The van der Waals surface area contributed by atoms with Gasteiger partial charge in [0.25, 0.3) is 5.54 Å². The third-order valence-electron chi connectivity index (χ3n) is 15.6. The Balaban J connectivity index is 0.959. The molecule has 18 nitrogen and oxygen atoms in total. The molecule has 5 amide bonds. The summed E-state index contributed by atoms with van der Waals surface area (Å²) < 4.78 is 22.9. The summed E-state index contributed by atoms with van der Waals surface area (Å²) in [6.07, 6.45) is 4.94. The number of piperidine rings is 1. The second kappa shape index (κ2) is 20.5. The van der Waals surface area contributed by atoms with Gasteiger partial charge in [-0.3, -0.25) is 29.2 Å². The maximum Gasteiger partial charge on any atom is 0.324 e. The van der Waals surface area contributed by atoms with E-state index in [2.05, 4.69) is 79.0 Å². The zero-order valence-electron chi connectivity index (χ0n) is 42.6. The van der Waals surface area contributed by atoms with Crippen molar-refractivity contribution in [3.8, 4) is 22.5 Å². The lowest BCUT2D eigenvalue weighted by molar-refractivity contribution is -0.432. The van der Waals surface area contributed by atoms with Crippen molar-refractivity contribution in [1.29, 1.82) is 0 Å². The Morgan fingerprint density at radius 2 is 1.92 bits per heavy atom. The van der Waals surface area contributed by atoms with Gasteiger partial charge in [0.15, 0.2) is 0 Å². The van der Waals surface area contributed by atoms with E-state index in [1.165, 1.54) is 27.3 Å². The van der Waals surface area contributed by atoms with Gasteiger partial charge in [0, 0.05) is 118 Å². The Labute approximate surface area is 425 Å². The van der Waals surface area contributed by atoms with Crippen LogP contribution in [0.1, 0.15) is 88.6 Å². The smallest absolute Gasteiger partial charge is 0.324 e. The normalized spacial score (nSPS) is 23.8. The number of aryl methyl sites for hydroxylation is 1. The first-order valence-corrected chi connectivity index (χ1v) is 26.2. The number of esters is 1. The predicted molar refractivity (Wildman–Crippen MR) is 273 cm³/mol. The maximum absolute atomic E-state index is 14.7. The Hall–Kier alpha value is -6.02. The molecule has 5 aliphatic rings. The third-order valence-corrected chi connectivity index (χ3v) is 16.5. The molecule has 2 unspecified atom stereocenters. The van der Waals surface area contributed by atoms with Crippen molar-refractivity contribution in [3.05, 3.63) is 70.8 Å². The lowest BCUT2D eigenvalue weighted by Crippen LogP contribution is -2.59. The first-order valence-electron chi connectivity index (χ1n) is 25.3. The minimum atomic E-state index is -0.829. The Morgan fingerprint density at radius 3 is 2.64 bits per heavy atom. The summed E-state index contributed by atoms with van der Waals surface area (Å²) in [6.45, 7) is 20.5. The van der Waals surface area contributed by atoms with E-state index in [9.17, 15) is 24.0 Å². The van der Waals surface area contributed by atoms with Crippen molar-refractivity contribution in [2.75, 3.05) is 60.1 Å². The van der Waals surface area contributed by atoms with Crippen molar-refractivity contribution in [3.63, 3.8) is 0 Å². The number of likely N-dealkylation sites (tertiary alicyclic amines) is 1. The van der Waals surface area contributed by atoms with Crippen LogP contribution in [0.5, 0.6) is 0 Å². The molecule has 384 valence electrons. The van der Waals surface area contributed by atoms with Crippen LogP contribution in [-0.2, 0) is 46.4 Å². The van der Waals surface area contributed by atoms with Gasteiger partial charge >= 0.3 is 18.2 Å². The molecule has 3 fully saturated rings. The molecule has 3 aromatic heterocycles. The highest BCUT2D eigenvalue weighted by atomic mass is 32.1. The van der Waals surface area contributed by atoms with E-state index in [0.29, 0.717) is 58.5 Å². The van der Waals surface area contributed by atoms with Crippen LogP contribution in [0, 0.1) is 17.3 Å². The maximum atomic E-state index is 14.7. The Bertz CT molecular complexity index is 2780. The number of hydrazine groups is 1. The number of hydrogen-bond donors (Lipinski definition) is 3. The zero-order chi connectivity index (χ0) is 51.2. The van der Waals surface area contributed by atoms with Gasteiger partial charge in [-0.25, -0.2) is 15.2 Å². The number of nitrogens with one attached hydrogen (secondary N) is 3. The van der Waals surface area contributed by atoms with Gasteiger partial charge in [-0.1, -0.05) is 40.3 Å². The number of pyridine rings is 1. The highest BCUT2D eigenvalue weighted by Crippen LogP contribution is 2.57. The number of cyclic esters (lactones) is 1. The van der Waals surface area contributed by atoms with Crippen molar-refractivity contribution in [2.45, 2.75) is 109 Å². The average molecular weight is 1010 g/mol. The minimum Gasteiger partial charge on any atom is -0.464 e. The molecule has 4 aliphatic heterocycles. The zero-order valence-corrected chi connectivity index (χ0v) is 43.4. The summed E-state index contributed by atoms with van der Waals surface area (Å²) in [5, 5.41) is 11.1. The van der Waals surface area contributed by atoms with Crippen molar-refractivity contribution >= 4 is 58.7 Å². The van der Waals surface area contributed by atoms with E-state index in [1.807, 2.05) is 29.9 Å². The molecule has 6 bridgehead atoms. The van der Waals surface area contributed by atoms with E-state index < -0.39 is 35.5 Å². The average Bonchev–Trinajstić information content (AvgIpc) is 3.67. The van der Waals surface area contributed by atoms with E-state index in [-0.39, 0.29) is 66.9 Å². The molecule has 1 aliphatic carbocycles. The number of aromatic nitrogens is 3. The molecule has 0 radical (unpaired) electrons. The Kier molecular flexibility index (Phi) is 14.5.